The lowest BCUT2D eigenvalue weighted by Gasteiger charge is -2.09. The molecule has 0 radical (unpaired) electrons. The highest BCUT2D eigenvalue weighted by atomic mass is 16.4. The zero-order chi connectivity index (χ0) is 9.42. The molecule has 5 nitrogen and oxygen atoms in total. The molecule has 0 saturated heterocycles. The molecule has 0 aliphatic heterocycles. The van der Waals surface area contributed by atoms with Gasteiger partial charge in [0.15, 0.2) is 0 Å². The lowest BCUT2D eigenvalue weighted by Crippen LogP contribution is -2.23. The van der Waals surface area contributed by atoms with Crippen LogP contribution in [0.1, 0.15) is 30.6 Å². The summed E-state index contributed by atoms with van der Waals surface area (Å²) in [6.07, 6.45) is 5.36. The molecule has 1 aromatic heterocycles. The Morgan fingerprint density at radius 2 is 2.46 bits per heavy atom. The molecule has 1 aliphatic rings. The third-order valence-electron chi connectivity index (χ3n) is 2.22. The van der Waals surface area contributed by atoms with E-state index in [1.54, 1.807) is 6.33 Å². The lowest BCUT2D eigenvalue weighted by atomic mass is 10.2. The standard InChI is InChI=1S/C8H11N3O2/c9-7(8(12)13)6-3-10-4-11(6)5-1-2-5/h3-5,7H,1-2,9H2,(H,12,13). The summed E-state index contributed by atoms with van der Waals surface area (Å²) in [7, 11) is 0. The number of carboxylic acids is 1. The second-order valence-electron chi connectivity index (χ2n) is 3.27. The van der Waals surface area contributed by atoms with Gasteiger partial charge in [0.05, 0.1) is 18.2 Å². The summed E-state index contributed by atoms with van der Waals surface area (Å²) in [5.74, 6) is -1.01. The van der Waals surface area contributed by atoms with Crippen LogP contribution in [0.15, 0.2) is 12.5 Å². The van der Waals surface area contributed by atoms with Gasteiger partial charge in [0.2, 0.25) is 0 Å². The molecule has 1 saturated carbocycles. The Hall–Kier alpha value is -1.36. The molecular formula is C8H11N3O2. The molecule has 0 bridgehead atoms. The van der Waals surface area contributed by atoms with Gasteiger partial charge in [0, 0.05) is 6.04 Å². The SMILES string of the molecule is NC(C(=O)O)c1cncn1C1CC1. The van der Waals surface area contributed by atoms with Crippen molar-refractivity contribution in [3.8, 4) is 0 Å². The third-order valence-corrected chi connectivity index (χ3v) is 2.22. The fraction of sp³-hybridized carbons (Fsp3) is 0.500. The van der Waals surface area contributed by atoms with E-state index in [4.69, 9.17) is 10.8 Å². The quantitative estimate of drug-likeness (QED) is 0.702. The van der Waals surface area contributed by atoms with Gasteiger partial charge in [-0.2, -0.15) is 0 Å². The molecule has 1 aliphatic carbocycles. The lowest BCUT2D eigenvalue weighted by molar-refractivity contribution is -0.138. The van der Waals surface area contributed by atoms with E-state index in [-0.39, 0.29) is 0 Å². The molecule has 1 heterocycles. The summed E-state index contributed by atoms with van der Waals surface area (Å²) >= 11 is 0. The fourth-order valence-corrected chi connectivity index (χ4v) is 1.34. The normalized spacial score (nSPS) is 18.5. The van der Waals surface area contributed by atoms with Crippen molar-refractivity contribution in [2.75, 3.05) is 0 Å². The van der Waals surface area contributed by atoms with Gasteiger partial charge in [-0.1, -0.05) is 0 Å². The van der Waals surface area contributed by atoms with E-state index >= 15 is 0 Å². The average Bonchev–Trinajstić information content (AvgIpc) is 2.83. The van der Waals surface area contributed by atoms with Crippen LogP contribution in [0.4, 0.5) is 0 Å². The van der Waals surface area contributed by atoms with Crippen LogP contribution in [-0.4, -0.2) is 20.6 Å². The second kappa shape index (κ2) is 2.85. The smallest absolute Gasteiger partial charge is 0.326 e. The van der Waals surface area contributed by atoms with Gasteiger partial charge in [-0.3, -0.25) is 4.79 Å². The zero-order valence-electron chi connectivity index (χ0n) is 7.05. The first kappa shape index (κ1) is 8.25. The van der Waals surface area contributed by atoms with E-state index in [1.165, 1.54) is 6.20 Å². The third kappa shape index (κ3) is 1.42. The number of imidazole rings is 1. The van der Waals surface area contributed by atoms with Gasteiger partial charge >= 0.3 is 5.97 Å². The Morgan fingerprint density at radius 1 is 1.77 bits per heavy atom. The van der Waals surface area contributed by atoms with Gasteiger partial charge in [-0.25, -0.2) is 4.98 Å². The number of hydrogen-bond donors (Lipinski definition) is 2. The molecule has 5 heteroatoms. The first-order valence-electron chi connectivity index (χ1n) is 4.20. The summed E-state index contributed by atoms with van der Waals surface area (Å²) in [4.78, 5) is 14.5. The maximum absolute atomic E-state index is 10.6. The number of aliphatic carboxylic acids is 1. The van der Waals surface area contributed by atoms with Crippen molar-refractivity contribution in [2.45, 2.75) is 24.9 Å². The van der Waals surface area contributed by atoms with E-state index < -0.39 is 12.0 Å². The highest BCUT2D eigenvalue weighted by molar-refractivity contribution is 5.74. The second-order valence-corrected chi connectivity index (χ2v) is 3.27. The maximum atomic E-state index is 10.6. The van der Waals surface area contributed by atoms with Crippen LogP contribution in [0.2, 0.25) is 0 Å². The minimum absolute atomic E-state index is 0.419. The summed E-state index contributed by atoms with van der Waals surface area (Å²) in [5, 5.41) is 8.71. The van der Waals surface area contributed by atoms with Gasteiger partial charge < -0.3 is 15.4 Å². The number of nitrogens with zero attached hydrogens (tertiary/aromatic N) is 2. The van der Waals surface area contributed by atoms with Crippen LogP contribution in [0, 0.1) is 0 Å². The van der Waals surface area contributed by atoms with Crippen molar-refractivity contribution in [2.24, 2.45) is 5.73 Å². The van der Waals surface area contributed by atoms with Gasteiger partial charge in [0.1, 0.15) is 6.04 Å². The number of carboxylic acid groups (broad SMARTS) is 1. The maximum Gasteiger partial charge on any atom is 0.326 e. The van der Waals surface area contributed by atoms with E-state index in [0.717, 1.165) is 12.8 Å². The summed E-state index contributed by atoms with van der Waals surface area (Å²) in [6, 6.07) is -0.536. The Kier molecular flexibility index (Phi) is 1.81. The largest absolute Gasteiger partial charge is 0.480 e. The molecule has 1 aromatic rings. The Bertz CT molecular complexity index is 330. The number of nitrogens with two attached hydrogens (primary N) is 1. The van der Waals surface area contributed by atoms with E-state index in [9.17, 15) is 4.79 Å². The molecule has 1 fully saturated rings. The molecule has 0 spiro atoms. The van der Waals surface area contributed by atoms with Crippen LogP contribution < -0.4 is 5.73 Å². The molecule has 70 valence electrons. The van der Waals surface area contributed by atoms with Crippen molar-refractivity contribution in [1.29, 1.82) is 0 Å². The molecular weight excluding hydrogens is 170 g/mol. The van der Waals surface area contributed by atoms with Crippen molar-refractivity contribution in [1.82, 2.24) is 9.55 Å². The van der Waals surface area contributed by atoms with Crippen LogP contribution in [0.25, 0.3) is 0 Å². The van der Waals surface area contributed by atoms with E-state index in [2.05, 4.69) is 4.98 Å². The number of rotatable bonds is 3. The van der Waals surface area contributed by atoms with Gasteiger partial charge in [-0.15, -0.1) is 0 Å². The Morgan fingerprint density at radius 3 is 3.00 bits per heavy atom. The zero-order valence-corrected chi connectivity index (χ0v) is 7.05. The number of carbonyl (C=O) groups is 1. The molecule has 1 atom stereocenters. The summed E-state index contributed by atoms with van der Waals surface area (Å²) in [5.41, 5.74) is 6.08. The van der Waals surface area contributed by atoms with Crippen molar-refractivity contribution in [3.63, 3.8) is 0 Å². The van der Waals surface area contributed by atoms with Gasteiger partial charge in [-0.05, 0) is 12.8 Å². The van der Waals surface area contributed by atoms with Crippen LogP contribution in [-0.2, 0) is 4.79 Å². The van der Waals surface area contributed by atoms with E-state index in [0.29, 0.717) is 11.7 Å². The van der Waals surface area contributed by atoms with Crippen LogP contribution in [0.3, 0.4) is 0 Å². The van der Waals surface area contributed by atoms with Crippen molar-refractivity contribution < 1.29 is 9.90 Å². The predicted octanol–water partition coefficient (Wildman–Crippen LogP) is 0.302. The summed E-state index contributed by atoms with van der Waals surface area (Å²) in [6.45, 7) is 0. The molecule has 0 amide bonds. The summed E-state index contributed by atoms with van der Waals surface area (Å²) < 4.78 is 1.86. The number of aromatic nitrogens is 2. The Labute approximate surface area is 75.2 Å². The van der Waals surface area contributed by atoms with Gasteiger partial charge in [0.25, 0.3) is 0 Å². The minimum atomic E-state index is -1.01. The van der Waals surface area contributed by atoms with Crippen molar-refractivity contribution >= 4 is 5.97 Å². The number of hydrogen-bond acceptors (Lipinski definition) is 3. The monoisotopic (exact) mass is 181 g/mol. The highest BCUT2D eigenvalue weighted by Gasteiger charge is 2.28. The first-order chi connectivity index (χ1) is 6.20. The molecule has 0 aromatic carbocycles. The highest BCUT2D eigenvalue weighted by Crippen LogP contribution is 2.36. The van der Waals surface area contributed by atoms with E-state index in [1.807, 2.05) is 4.57 Å². The fourth-order valence-electron chi connectivity index (χ4n) is 1.34. The molecule has 3 N–H and O–H groups in total. The minimum Gasteiger partial charge on any atom is -0.480 e. The molecule has 13 heavy (non-hydrogen) atoms. The van der Waals surface area contributed by atoms with Crippen LogP contribution >= 0.6 is 0 Å². The molecule has 1 unspecified atom stereocenters. The van der Waals surface area contributed by atoms with Crippen molar-refractivity contribution in [3.05, 3.63) is 18.2 Å². The predicted molar refractivity (Wildman–Crippen MR) is 45.1 cm³/mol. The van der Waals surface area contributed by atoms with Crippen LogP contribution in [0.5, 0.6) is 0 Å². The average molecular weight is 181 g/mol. The first-order valence-corrected chi connectivity index (χ1v) is 4.20. The topological polar surface area (TPSA) is 81.1 Å². The Balaban J connectivity index is 2.27. The molecule has 2 rings (SSSR count).